The Morgan fingerprint density at radius 3 is 2.13 bits per heavy atom. The third kappa shape index (κ3) is 2.78. The number of rotatable bonds is 5. The molecule has 1 heterocycles. The SMILES string of the molecule is C=CCOc1c(-c2ccccc2)n(C)[n+](C)c1-c1ccccc1. The molecule has 0 atom stereocenters. The minimum atomic E-state index is 0.476. The first-order valence-electron chi connectivity index (χ1n) is 7.67. The molecule has 0 aliphatic rings. The summed E-state index contributed by atoms with van der Waals surface area (Å²) in [7, 11) is 4.10. The van der Waals surface area contributed by atoms with Gasteiger partial charge < -0.3 is 4.74 Å². The van der Waals surface area contributed by atoms with Crippen LogP contribution in [0.1, 0.15) is 0 Å². The van der Waals surface area contributed by atoms with Crippen LogP contribution < -0.4 is 9.42 Å². The lowest BCUT2D eigenvalue weighted by atomic mass is 10.1. The van der Waals surface area contributed by atoms with Crippen molar-refractivity contribution < 1.29 is 9.42 Å². The topological polar surface area (TPSA) is 18.0 Å². The summed E-state index contributed by atoms with van der Waals surface area (Å²) >= 11 is 0. The van der Waals surface area contributed by atoms with Crippen LogP contribution in [-0.2, 0) is 14.1 Å². The molecule has 0 N–H and O–H groups in total. The molecule has 3 heteroatoms. The zero-order chi connectivity index (χ0) is 16.2. The van der Waals surface area contributed by atoms with Crippen molar-refractivity contribution >= 4 is 0 Å². The molecule has 2 aromatic carbocycles. The van der Waals surface area contributed by atoms with Crippen molar-refractivity contribution in [1.29, 1.82) is 0 Å². The Morgan fingerprint density at radius 1 is 1.00 bits per heavy atom. The first kappa shape index (κ1) is 15.1. The van der Waals surface area contributed by atoms with Gasteiger partial charge >= 0.3 is 0 Å². The molecule has 3 rings (SSSR count). The van der Waals surface area contributed by atoms with Crippen LogP contribution in [0.25, 0.3) is 22.5 Å². The normalized spacial score (nSPS) is 10.5. The van der Waals surface area contributed by atoms with Gasteiger partial charge in [-0.15, -0.1) is 4.68 Å². The highest BCUT2D eigenvalue weighted by Crippen LogP contribution is 2.37. The third-order valence-corrected chi connectivity index (χ3v) is 3.97. The van der Waals surface area contributed by atoms with Crippen LogP contribution >= 0.6 is 0 Å². The van der Waals surface area contributed by atoms with Gasteiger partial charge in [0.2, 0.25) is 5.75 Å². The predicted octanol–water partition coefficient (Wildman–Crippen LogP) is 3.75. The molecule has 0 saturated carbocycles. The molecule has 0 bridgehead atoms. The second kappa shape index (κ2) is 6.53. The number of nitrogens with zero attached hydrogens (tertiary/aromatic N) is 2. The highest BCUT2D eigenvalue weighted by molar-refractivity contribution is 5.76. The van der Waals surface area contributed by atoms with Crippen LogP contribution in [0.5, 0.6) is 5.75 Å². The van der Waals surface area contributed by atoms with Gasteiger partial charge in [-0.3, -0.25) is 0 Å². The van der Waals surface area contributed by atoms with Crippen LogP contribution in [0.3, 0.4) is 0 Å². The van der Waals surface area contributed by atoms with Gasteiger partial charge in [0.05, 0.1) is 12.6 Å². The Labute approximate surface area is 137 Å². The molecule has 3 nitrogen and oxygen atoms in total. The van der Waals surface area contributed by atoms with E-state index >= 15 is 0 Å². The summed E-state index contributed by atoms with van der Waals surface area (Å²) in [5.41, 5.74) is 4.39. The van der Waals surface area contributed by atoms with Crippen molar-refractivity contribution in [3.05, 3.63) is 73.3 Å². The summed E-state index contributed by atoms with van der Waals surface area (Å²) in [5, 5.41) is 0. The molecule has 0 spiro atoms. The molecule has 0 unspecified atom stereocenters. The van der Waals surface area contributed by atoms with Crippen molar-refractivity contribution in [1.82, 2.24) is 4.68 Å². The number of hydrogen-bond donors (Lipinski definition) is 0. The molecule has 116 valence electrons. The Hall–Kier alpha value is -2.81. The fourth-order valence-electron chi connectivity index (χ4n) is 2.81. The van der Waals surface area contributed by atoms with Crippen LogP contribution in [0.15, 0.2) is 73.3 Å². The van der Waals surface area contributed by atoms with Crippen LogP contribution in [0, 0.1) is 0 Å². The van der Waals surface area contributed by atoms with Gasteiger partial charge in [-0.1, -0.05) is 61.2 Å². The number of aromatic nitrogens is 2. The Morgan fingerprint density at radius 2 is 1.57 bits per heavy atom. The van der Waals surface area contributed by atoms with Crippen molar-refractivity contribution in [3.63, 3.8) is 0 Å². The first-order chi connectivity index (χ1) is 11.2. The first-order valence-corrected chi connectivity index (χ1v) is 7.67. The molecular formula is C20H21N2O+. The predicted molar refractivity (Wildman–Crippen MR) is 93.2 cm³/mol. The molecule has 0 fully saturated rings. The summed E-state index contributed by atoms with van der Waals surface area (Å²) in [6.07, 6.45) is 1.77. The van der Waals surface area contributed by atoms with Crippen LogP contribution in [0.4, 0.5) is 0 Å². The molecule has 0 aliphatic heterocycles. The van der Waals surface area contributed by atoms with Crippen molar-refractivity contribution in [2.75, 3.05) is 6.61 Å². The van der Waals surface area contributed by atoms with E-state index < -0.39 is 0 Å². The standard InChI is InChI=1S/C20H21N2O/c1-4-15-23-20-18(16-11-7-5-8-12-16)21(2)22(3)19(20)17-13-9-6-10-14-17/h4-14H,1,15H2,2-3H3/q+1. The van der Waals surface area contributed by atoms with Gasteiger partial charge in [0.25, 0.3) is 5.69 Å². The third-order valence-electron chi connectivity index (χ3n) is 3.97. The van der Waals surface area contributed by atoms with Gasteiger partial charge in [0.15, 0.2) is 12.7 Å². The zero-order valence-corrected chi connectivity index (χ0v) is 13.6. The molecule has 0 aliphatic carbocycles. The van der Waals surface area contributed by atoms with Crippen molar-refractivity contribution in [2.24, 2.45) is 14.1 Å². The molecule has 0 saturated heterocycles. The average Bonchev–Trinajstić information content (AvgIpc) is 2.85. The van der Waals surface area contributed by atoms with E-state index in [4.69, 9.17) is 4.74 Å². The second-order valence-corrected chi connectivity index (χ2v) is 5.41. The largest absolute Gasteiger partial charge is 0.481 e. The number of ether oxygens (including phenoxy) is 1. The number of hydrogen-bond acceptors (Lipinski definition) is 1. The zero-order valence-electron chi connectivity index (χ0n) is 13.6. The fraction of sp³-hybridized carbons (Fsp3) is 0.150. The van der Waals surface area contributed by atoms with E-state index in [9.17, 15) is 0 Å². The average molecular weight is 305 g/mol. The number of benzene rings is 2. The summed E-state index contributed by atoms with van der Waals surface area (Å²) in [6.45, 7) is 4.25. The molecule has 0 amide bonds. The molecular weight excluding hydrogens is 284 g/mol. The Kier molecular flexibility index (Phi) is 4.29. The van der Waals surface area contributed by atoms with Gasteiger partial charge in [0, 0.05) is 5.56 Å². The monoisotopic (exact) mass is 305 g/mol. The lowest BCUT2D eigenvalue weighted by Crippen LogP contribution is -2.39. The van der Waals surface area contributed by atoms with Gasteiger partial charge in [-0.05, 0) is 12.1 Å². The highest BCUT2D eigenvalue weighted by atomic mass is 16.5. The maximum absolute atomic E-state index is 6.07. The quantitative estimate of drug-likeness (QED) is 0.518. The summed E-state index contributed by atoms with van der Waals surface area (Å²) in [5.74, 6) is 0.882. The van der Waals surface area contributed by atoms with Gasteiger partial charge in [-0.2, -0.15) is 4.68 Å². The van der Waals surface area contributed by atoms with Crippen LogP contribution in [-0.4, -0.2) is 11.3 Å². The molecule has 3 aromatic rings. The summed E-state index contributed by atoms with van der Waals surface area (Å²) in [4.78, 5) is 0. The van der Waals surface area contributed by atoms with Crippen molar-refractivity contribution in [3.8, 4) is 28.3 Å². The molecule has 1 aromatic heterocycles. The maximum Gasteiger partial charge on any atom is 0.280 e. The van der Waals surface area contributed by atoms with E-state index in [0.717, 1.165) is 28.3 Å². The van der Waals surface area contributed by atoms with Crippen LogP contribution in [0.2, 0.25) is 0 Å². The van der Waals surface area contributed by atoms with E-state index in [2.05, 4.69) is 54.3 Å². The summed E-state index contributed by atoms with van der Waals surface area (Å²) in [6, 6.07) is 20.6. The minimum absolute atomic E-state index is 0.476. The van der Waals surface area contributed by atoms with E-state index in [1.165, 1.54) is 0 Å². The van der Waals surface area contributed by atoms with E-state index in [-0.39, 0.29) is 0 Å². The lowest BCUT2D eigenvalue weighted by Gasteiger charge is -2.05. The lowest BCUT2D eigenvalue weighted by molar-refractivity contribution is -0.740. The Bertz CT molecular complexity index is 742. The van der Waals surface area contributed by atoms with Crippen molar-refractivity contribution in [2.45, 2.75) is 0 Å². The fourth-order valence-corrected chi connectivity index (χ4v) is 2.81. The smallest absolute Gasteiger partial charge is 0.280 e. The van der Waals surface area contributed by atoms with E-state index in [0.29, 0.717) is 6.61 Å². The molecule has 23 heavy (non-hydrogen) atoms. The van der Waals surface area contributed by atoms with E-state index in [1.807, 2.05) is 36.4 Å². The Balaban J connectivity index is 2.26. The molecule has 0 radical (unpaired) electrons. The minimum Gasteiger partial charge on any atom is -0.481 e. The van der Waals surface area contributed by atoms with Gasteiger partial charge in [0.1, 0.15) is 6.61 Å². The van der Waals surface area contributed by atoms with E-state index in [1.54, 1.807) is 6.08 Å². The van der Waals surface area contributed by atoms with Gasteiger partial charge in [-0.25, -0.2) is 0 Å². The highest BCUT2D eigenvalue weighted by Gasteiger charge is 2.29. The second-order valence-electron chi connectivity index (χ2n) is 5.41. The maximum atomic E-state index is 6.07. The summed E-state index contributed by atoms with van der Waals surface area (Å²) < 4.78 is 10.3.